The van der Waals surface area contributed by atoms with Crippen molar-refractivity contribution in [3.63, 3.8) is 0 Å². The number of rotatable bonds is 5. The summed E-state index contributed by atoms with van der Waals surface area (Å²) >= 11 is 12.1. The van der Waals surface area contributed by atoms with E-state index in [1.54, 1.807) is 0 Å². The molecule has 0 saturated heterocycles. The van der Waals surface area contributed by atoms with Crippen LogP contribution < -0.4 is 0 Å². The predicted octanol–water partition coefficient (Wildman–Crippen LogP) is 5.53. The first-order valence-electron chi connectivity index (χ1n) is 8.82. The van der Waals surface area contributed by atoms with Crippen LogP contribution in [0.15, 0.2) is 35.1 Å². The van der Waals surface area contributed by atoms with Crippen LogP contribution in [0.3, 0.4) is 0 Å². The average Bonchev–Trinajstić information content (AvgIpc) is 3.34. The molecule has 4 rings (SSSR count). The van der Waals surface area contributed by atoms with Gasteiger partial charge in [0.25, 0.3) is 5.89 Å². The van der Waals surface area contributed by atoms with Gasteiger partial charge in [0.1, 0.15) is 11.5 Å². The van der Waals surface area contributed by atoms with Crippen LogP contribution in [-0.4, -0.2) is 30.6 Å². The second kappa shape index (κ2) is 8.06. The summed E-state index contributed by atoms with van der Waals surface area (Å²) in [5, 5.41) is 12.3. The average molecular weight is 489 g/mol. The van der Waals surface area contributed by atoms with Crippen molar-refractivity contribution >= 4 is 34.8 Å². The molecule has 0 fully saturated rings. The van der Waals surface area contributed by atoms with Gasteiger partial charge in [-0.3, -0.25) is 4.79 Å². The maximum atomic E-state index is 14.4. The van der Waals surface area contributed by atoms with Crippen molar-refractivity contribution in [3.8, 4) is 23.0 Å². The van der Waals surface area contributed by atoms with E-state index in [2.05, 4.69) is 15.1 Å². The van der Waals surface area contributed by atoms with Crippen LogP contribution in [0.25, 0.3) is 28.6 Å². The summed E-state index contributed by atoms with van der Waals surface area (Å²) in [5.74, 6) is -2.02. The van der Waals surface area contributed by atoms with E-state index in [1.165, 1.54) is 12.3 Å². The Bertz CT molecular complexity index is 1350. The second-order valence-electron chi connectivity index (χ2n) is 6.67. The Morgan fingerprint density at radius 3 is 2.56 bits per heavy atom. The summed E-state index contributed by atoms with van der Waals surface area (Å²) in [6.07, 6.45) is -2.88. The molecule has 0 aliphatic heterocycles. The van der Waals surface area contributed by atoms with E-state index in [0.717, 1.165) is 22.7 Å². The van der Waals surface area contributed by atoms with Gasteiger partial charge < -0.3 is 14.0 Å². The van der Waals surface area contributed by atoms with E-state index in [4.69, 9.17) is 32.8 Å². The third-order valence-electron chi connectivity index (χ3n) is 4.46. The van der Waals surface area contributed by atoms with Gasteiger partial charge in [0.2, 0.25) is 5.82 Å². The highest BCUT2D eigenvalue weighted by Crippen LogP contribution is 2.34. The van der Waals surface area contributed by atoms with Crippen LogP contribution >= 0.6 is 23.2 Å². The van der Waals surface area contributed by atoms with Crippen LogP contribution in [0.2, 0.25) is 10.0 Å². The van der Waals surface area contributed by atoms with E-state index in [9.17, 15) is 22.4 Å². The number of carbonyl (C=O) groups is 1. The molecule has 0 saturated carbocycles. The molecular weight excluding hydrogens is 479 g/mol. The maximum Gasteiger partial charge on any atom is 0.417 e. The molecule has 0 unspecified atom stereocenters. The van der Waals surface area contributed by atoms with E-state index in [0.29, 0.717) is 0 Å². The Morgan fingerprint density at radius 1 is 1.12 bits per heavy atom. The number of hydrogen-bond acceptors (Lipinski definition) is 5. The van der Waals surface area contributed by atoms with Crippen molar-refractivity contribution in [2.75, 3.05) is 0 Å². The quantitative estimate of drug-likeness (QED) is 0.371. The number of fused-ring (bicyclic) bond motifs is 1. The highest BCUT2D eigenvalue weighted by Gasteiger charge is 2.32. The van der Waals surface area contributed by atoms with Gasteiger partial charge in [-0.05, 0) is 30.2 Å². The van der Waals surface area contributed by atoms with Crippen molar-refractivity contribution in [1.82, 2.24) is 19.5 Å². The molecular formula is C19H10Cl2F4N4O3. The molecule has 7 nitrogen and oxygen atoms in total. The number of halogens is 6. The summed E-state index contributed by atoms with van der Waals surface area (Å²) in [7, 11) is 0. The normalized spacial score (nSPS) is 11.9. The number of carboxylic acid groups (broad SMARTS) is 1. The maximum absolute atomic E-state index is 14.4. The number of pyridine rings is 1. The fraction of sp³-hybridized carbons (Fsp3) is 0.158. The van der Waals surface area contributed by atoms with E-state index >= 15 is 0 Å². The Hall–Kier alpha value is -3.18. The number of aryl methyl sites for hydroxylation is 1. The Morgan fingerprint density at radius 2 is 1.88 bits per heavy atom. The van der Waals surface area contributed by atoms with Gasteiger partial charge in [-0.15, -0.1) is 0 Å². The predicted molar refractivity (Wildman–Crippen MR) is 105 cm³/mol. The molecule has 0 spiro atoms. The Balaban J connectivity index is 1.68. The number of nitrogens with zero attached hydrogens (tertiary/aromatic N) is 4. The van der Waals surface area contributed by atoms with Crippen molar-refractivity contribution in [3.05, 3.63) is 57.6 Å². The lowest BCUT2D eigenvalue weighted by Gasteiger charge is -2.07. The van der Waals surface area contributed by atoms with Crippen LogP contribution in [0.4, 0.5) is 17.6 Å². The zero-order valence-corrected chi connectivity index (χ0v) is 17.1. The van der Waals surface area contributed by atoms with Crippen LogP contribution in [0.1, 0.15) is 17.5 Å². The molecule has 0 amide bonds. The second-order valence-corrected chi connectivity index (χ2v) is 7.49. The fourth-order valence-electron chi connectivity index (χ4n) is 2.94. The van der Waals surface area contributed by atoms with Crippen LogP contribution in [0.5, 0.6) is 0 Å². The molecule has 0 aliphatic rings. The molecule has 32 heavy (non-hydrogen) atoms. The lowest BCUT2D eigenvalue weighted by atomic mass is 10.1. The zero-order valence-electron chi connectivity index (χ0n) is 15.6. The first-order chi connectivity index (χ1) is 15.0. The summed E-state index contributed by atoms with van der Waals surface area (Å²) in [6.45, 7) is 0. The fourth-order valence-corrected chi connectivity index (χ4v) is 3.47. The molecule has 0 aliphatic carbocycles. The molecule has 1 aromatic carbocycles. The third kappa shape index (κ3) is 4.26. The van der Waals surface area contributed by atoms with Gasteiger partial charge in [0.05, 0.1) is 15.6 Å². The Labute approximate surface area is 186 Å². The first-order valence-corrected chi connectivity index (χ1v) is 9.58. The summed E-state index contributed by atoms with van der Waals surface area (Å²) < 4.78 is 59.5. The summed E-state index contributed by atoms with van der Waals surface area (Å²) in [6, 6.07) is 3.07. The highest BCUT2D eigenvalue weighted by molar-refractivity contribution is 6.33. The zero-order chi connectivity index (χ0) is 23.2. The summed E-state index contributed by atoms with van der Waals surface area (Å²) in [4.78, 5) is 18.9. The number of aromatic nitrogens is 4. The minimum absolute atomic E-state index is 0.0413. The van der Waals surface area contributed by atoms with E-state index in [1.807, 2.05) is 0 Å². The number of hydrogen-bond donors (Lipinski definition) is 1. The molecule has 0 radical (unpaired) electrons. The van der Waals surface area contributed by atoms with Crippen molar-refractivity contribution in [2.45, 2.75) is 19.0 Å². The van der Waals surface area contributed by atoms with Crippen molar-refractivity contribution < 1.29 is 32.0 Å². The number of alkyl halides is 3. The highest BCUT2D eigenvalue weighted by atomic mass is 35.5. The lowest BCUT2D eigenvalue weighted by Crippen LogP contribution is -2.06. The molecule has 4 aromatic rings. The largest absolute Gasteiger partial charge is 0.481 e. The lowest BCUT2D eigenvalue weighted by molar-refractivity contribution is -0.138. The SMILES string of the molecule is O=C(O)CCc1cc(Cl)c(-c2noc(-c3cn4cc(C(F)(F)F)cc(Cl)c4n3)n2)cc1F. The molecule has 1 N–H and O–H groups in total. The molecule has 3 heterocycles. The van der Waals surface area contributed by atoms with Crippen LogP contribution in [-0.2, 0) is 17.4 Å². The molecule has 13 heteroatoms. The Kier molecular flexibility index (Phi) is 5.55. The smallest absolute Gasteiger partial charge is 0.417 e. The van der Waals surface area contributed by atoms with Crippen LogP contribution in [0, 0.1) is 5.82 Å². The standard InChI is InChI=1S/C19H10Cl2F4N4O3/c20-11-3-8(1-2-15(30)31)13(22)5-10(11)16-27-18(32-28-16)14-7-29-6-9(19(23,24)25)4-12(21)17(29)26-14/h3-7H,1-2H2,(H,30,31). The minimum atomic E-state index is -4.60. The van der Waals surface area contributed by atoms with Gasteiger partial charge in [-0.1, -0.05) is 28.4 Å². The van der Waals surface area contributed by atoms with Crippen molar-refractivity contribution in [1.29, 1.82) is 0 Å². The summed E-state index contributed by atoms with van der Waals surface area (Å²) in [5.41, 5.74) is -0.684. The molecule has 0 atom stereocenters. The van der Waals surface area contributed by atoms with E-state index < -0.39 is 23.5 Å². The van der Waals surface area contributed by atoms with Gasteiger partial charge in [0.15, 0.2) is 5.65 Å². The van der Waals surface area contributed by atoms with Gasteiger partial charge in [-0.25, -0.2) is 9.37 Å². The number of imidazole rings is 1. The van der Waals surface area contributed by atoms with Crippen molar-refractivity contribution in [2.24, 2.45) is 0 Å². The van der Waals surface area contributed by atoms with E-state index in [-0.39, 0.29) is 57.1 Å². The monoisotopic (exact) mass is 488 g/mol. The van der Waals surface area contributed by atoms with Gasteiger partial charge in [0, 0.05) is 24.4 Å². The topological polar surface area (TPSA) is 93.5 Å². The van der Waals surface area contributed by atoms with Gasteiger partial charge >= 0.3 is 12.1 Å². The molecule has 0 bridgehead atoms. The number of benzene rings is 1. The molecule has 166 valence electrons. The first kappa shape index (κ1) is 22.0. The molecule has 3 aromatic heterocycles. The van der Waals surface area contributed by atoms with Gasteiger partial charge in [-0.2, -0.15) is 18.2 Å². The third-order valence-corrected chi connectivity index (χ3v) is 5.05. The number of aliphatic carboxylic acids is 1. The number of carboxylic acids is 1. The minimum Gasteiger partial charge on any atom is -0.481 e.